The number of hydrogen-bond donors (Lipinski definition) is 2. The highest BCUT2D eigenvalue weighted by Crippen LogP contribution is 2.30. The molecule has 0 aliphatic heterocycles. The summed E-state index contributed by atoms with van der Waals surface area (Å²) in [6.45, 7) is 6.73. The maximum atomic E-state index is 12.5. The number of benzene rings is 2. The van der Waals surface area contributed by atoms with Gasteiger partial charge in [-0.25, -0.2) is 0 Å². The van der Waals surface area contributed by atoms with Gasteiger partial charge in [0.05, 0.1) is 18.9 Å². The fourth-order valence-electron chi connectivity index (χ4n) is 2.22. The van der Waals surface area contributed by atoms with Crippen LogP contribution in [0.3, 0.4) is 0 Å². The van der Waals surface area contributed by atoms with Crippen LogP contribution in [0.4, 0.5) is 11.4 Å². The van der Waals surface area contributed by atoms with Crippen LogP contribution in [0.2, 0.25) is 0 Å². The molecule has 1 amide bonds. The molecule has 0 saturated heterocycles. The van der Waals surface area contributed by atoms with E-state index >= 15 is 0 Å². The predicted octanol–water partition coefficient (Wildman–Crippen LogP) is 3.63. The van der Waals surface area contributed by atoms with Gasteiger partial charge in [-0.05, 0) is 50.6 Å². The van der Waals surface area contributed by atoms with Crippen LogP contribution in [0.5, 0.6) is 11.5 Å². The number of hydrogen-bond acceptors (Lipinski definition) is 4. The van der Waals surface area contributed by atoms with E-state index in [0.29, 0.717) is 41.7 Å². The zero-order valence-corrected chi connectivity index (χ0v) is 13.7. The molecular weight excluding hydrogens is 292 g/mol. The lowest BCUT2D eigenvalue weighted by molar-refractivity contribution is 0.102. The first-order chi connectivity index (χ1) is 11.0. The molecule has 5 heteroatoms. The van der Waals surface area contributed by atoms with Crippen molar-refractivity contribution >= 4 is 17.3 Å². The number of carbonyl (C=O) groups is 1. The van der Waals surface area contributed by atoms with E-state index < -0.39 is 0 Å². The Bertz CT molecular complexity index is 699. The molecular formula is C18H22N2O3. The molecule has 122 valence electrons. The van der Waals surface area contributed by atoms with Gasteiger partial charge in [0.1, 0.15) is 11.5 Å². The maximum Gasteiger partial charge on any atom is 0.256 e. The summed E-state index contributed by atoms with van der Waals surface area (Å²) in [6, 6.07) is 10.6. The fourth-order valence-corrected chi connectivity index (χ4v) is 2.22. The molecule has 5 nitrogen and oxygen atoms in total. The number of anilines is 2. The summed E-state index contributed by atoms with van der Waals surface area (Å²) in [6.07, 6.45) is 0. The Morgan fingerprint density at radius 1 is 1.09 bits per heavy atom. The Morgan fingerprint density at radius 2 is 1.83 bits per heavy atom. The van der Waals surface area contributed by atoms with Crippen LogP contribution in [0.15, 0.2) is 36.4 Å². The van der Waals surface area contributed by atoms with E-state index in [2.05, 4.69) is 5.32 Å². The second kappa shape index (κ2) is 7.54. The van der Waals surface area contributed by atoms with Crippen molar-refractivity contribution in [2.75, 3.05) is 24.3 Å². The van der Waals surface area contributed by atoms with Crippen molar-refractivity contribution in [1.82, 2.24) is 0 Å². The molecule has 0 atom stereocenters. The van der Waals surface area contributed by atoms with Gasteiger partial charge in [-0.3, -0.25) is 4.79 Å². The smallest absolute Gasteiger partial charge is 0.256 e. The standard InChI is InChI=1S/C18H22N2O3/c1-4-22-14-8-9-17(23-5-2)16(11-14)20-18(21)15-10-13(19)7-6-12(15)3/h6-11H,4-5,19H2,1-3H3,(H,20,21). The molecule has 0 aliphatic rings. The summed E-state index contributed by atoms with van der Waals surface area (Å²) in [4.78, 5) is 12.5. The Labute approximate surface area is 136 Å². The number of ether oxygens (including phenoxy) is 2. The number of nitrogens with two attached hydrogens (primary N) is 1. The van der Waals surface area contributed by atoms with Crippen molar-refractivity contribution < 1.29 is 14.3 Å². The summed E-state index contributed by atoms with van der Waals surface area (Å²) < 4.78 is 11.0. The predicted molar refractivity (Wildman–Crippen MR) is 92.3 cm³/mol. The molecule has 0 fully saturated rings. The van der Waals surface area contributed by atoms with Gasteiger partial charge < -0.3 is 20.5 Å². The van der Waals surface area contributed by atoms with Crippen LogP contribution < -0.4 is 20.5 Å². The molecule has 0 spiro atoms. The van der Waals surface area contributed by atoms with Gasteiger partial charge in [-0.2, -0.15) is 0 Å². The van der Waals surface area contributed by atoms with Gasteiger partial charge in [0.2, 0.25) is 0 Å². The number of nitrogens with one attached hydrogen (secondary N) is 1. The third-order valence-corrected chi connectivity index (χ3v) is 3.32. The number of nitrogen functional groups attached to an aromatic ring is 1. The van der Waals surface area contributed by atoms with Crippen LogP contribution >= 0.6 is 0 Å². The maximum absolute atomic E-state index is 12.5. The molecule has 2 aromatic rings. The molecule has 0 unspecified atom stereocenters. The first-order valence-electron chi connectivity index (χ1n) is 7.62. The third kappa shape index (κ3) is 4.16. The van der Waals surface area contributed by atoms with Crippen molar-refractivity contribution in [2.24, 2.45) is 0 Å². The van der Waals surface area contributed by atoms with E-state index in [1.54, 1.807) is 24.3 Å². The van der Waals surface area contributed by atoms with Crippen molar-refractivity contribution in [3.8, 4) is 11.5 Å². The highest BCUT2D eigenvalue weighted by atomic mass is 16.5. The van der Waals surface area contributed by atoms with E-state index in [0.717, 1.165) is 5.56 Å². The highest BCUT2D eigenvalue weighted by molar-refractivity contribution is 6.06. The van der Waals surface area contributed by atoms with Crippen LogP contribution in [-0.4, -0.2) is 19.1 Å². The zero-order valence-electron chi connectivity index (χ0n) is 13.7. The summed E-state index contributed by atoms with van der Waals surface area (Å²) in [7, 11) is 0. The molecule has 0 heterocycles. The summed E-state index contributed by atoms with van der Waals surface area (Å²) in [5.41, 5.74) is 8.29. The lowest BCUT2D eigenvalue weighted by Crippen LogP contribution is -2.15. The lowest BCUT2D eigenvalue weighted by atomic mass is 10.1. The minimum Gasteiger partial charge on any atom is -0.494 e. The van der Waals surface area contributed by atoms with Crippen LogP contribution in [0.1, 0.15) is 29.8 Å². The molecule has 0 bridgehead atoms. The van der Waals surface area contributed by atoms with Crippen molar-refractivity contribution in [2.45, 2.75) is 20.8 Å². The first-order valence-corrected chi connectivity index (χ1v) is 7.62. The monoisotopic (exact) mass is 314 g/mol. The molecule has 2 rings (SSSR count). The highest BCUT2D eigenvalue weighted by Gasteiger charge is 2.13. The molecule has 0 radical (unpaired) electrons. The van der Waals surface area contributed by atoms with Gasteiger partial charge in [0, 0.05) is 17.3 Å². The van der Waals surface area contributed by atoms with Crippen LogP contribution in [-0.2, 0) is 0 Å². The van der Waals surface area contributed by atoms with E-state index in [1.807, 2.05) is 32.9 Å². The number of aryl methyl sites for hydroxylation is 1. The Morgan fingerprint density at radius 3 is 2.52 bits per heavy atom. The quantitative estimate of drug-likeness (QED) is 0.799. The topological polar surface area (TPSA) is 73.6 Å². The molecule has 2 aromatic carbocycles. The van der Waals surface area contributed by atoms with E-state index in [-0.39, 0.29) is 5.91 Å². The summed E-state index contributed by atoms with van der Waals surface area (Å²) in [5.74, 6) is 1.05. The van der Waals surface area contributed by atoms with E-state index in [1.165, 1.54) is 0 Å². The SMILES string of the molecule is CCOc1ccc(OCC)c(NC(=O)c2cc(N)ccc2C)c1. The average Bonchev–Trinajstić information content (AvgIpc) is 2.52. The van der Waals surface area contributed by atoms with Gasteiger partial charge in [-0.15, -0.1) is 0 Å². The second-order valence-electron chi connectivity index (χ2n) is 5.05. The van der Waals surface area contributed by atoms with Crippen molar-refractivity contribution in [1.29, 1.82) is 0 Å². The fraction of sp³-hybridized carbons (Fsp3) is 0.278. The van der Waals surface area contributed by atoms with Gasteiger partial charge in [-0.1, -0.05) is 6.07 Å². The van der Waals surface area contributed by atoms with Crippen molar-refractivity contribution in [3.63, 3.8) is 0 Å². The Hall–Kier alpha value is -2.69. The van der Waals surface area contributed by atoms with E-state index in [9.17, 15) is 4.79 Å². The number of rotatable bonds is 6. The molecule has 3 N–H and O–H groups in total. The Balaban J connectivity index is 2.31. The minimum absolute atomic E-state index is 0.232. The minimum atomic E-state index is -0.232. The Kier molecular flexibility index (Phi) is 5.46. The summed E-state index contributed by atoms with van der Waals surface area (Å²) in [5, 5.41) is 2.88. The molecule has 0 aliphatic carbocycles. The largest absolute Gasteiger partial charge is 0.494 e. The first kappa shape index (κ1) is 16.7. The average molecular weight is 314 g/mol. The van der Waals surface area contributed by atoms with Gasteiger partial charge in [0.25, 0.3) is 5.91 Å². The number of amides is 1. The third-order valence-electron chi connectivity index (χ3n) is 3.32. The number of carbonyl (C=O) groups excluding carboxylic acids is 1. The van der Waals surface area contributed by atoms with Gasteiger partial charge >= 0.3 is 0 Å². The second-order valence-corrected chi connectivity index (χ2v) is 5.05. The van der Waals surface area contributed by atoms with Crippen molar-refractivity contribution in [3.05, 3.63) is 47.5 Å². The zero-order chi connectivity index (χ0) is 16.8. The lowest BCUT2D eigenvalue weighted by Gasteiger charge is -2.14. The van der Waals surface area contributed by atoms with Gasteiger partial charge in [0.15, 0.2) is 0 Å². The molecule has 23 heavy (non-hydrogen) atoms. The molecule has 0 saturated carbocycles. The van der Waals surface area contributed by atoms with Crippen LogP contribution in [0, 0.1) is 6.92 Å². The summed E-state index contributed by atoms with van der Waals surface area (Å²) >= 11 is 0. The van der Waals surface area contributed by atoms with E-state index in [4.69, 9.17) is 15.2 Å². The normalized spacial score (nSPS) is 10.2. The molecule has 0 aromatic heterocycles. The van der Waals surface area contributed by atoms with Crippen LogP contribution in [0.25, 0.3) is 0 Å².